The van der Waals surface area contributed by atoms with E-state index in [-0.39, 0.29) is 11.3 Å². The lowest BCUT2D eigenvalue weighted by molar-refractivity contribution is 0.0957. The molecule has 1 aromatic carbocycles. The molecule has 1 N–H and O–H groups in total. The maximum absolute atomic E-state index is 12.0. The van der Waals surface area contributed by atoms with Gasteiger partial charge in [-0.2, -0.15) is 0 Å². The number of carbonyl (C=O) groups excluding carboxylic acids is 1. The molecule has 3 aliphatic rings. The number of benzene rings is 1. The molecule has 1 amide bonds. The van der Waals surface area contributed by atoms with Crippen molar-refractivity contribution in [1.82, 2.24) is 5.32 Å². The summed E-state index contributed by atoms with van der Waals surface area (Å²) in [5.74, 6) is 3.02. The molecule has 106 valence electrons. The van der Waals surface area contributed by atoms with Crippen LogP contribution in [0.2, 0.25) is 0 Å². The molecule has 2 fully saturated rings. The van der Waals surface area contributed by atoms with Crippen LogP contribution in [0.25, 0.3) is 0 Å². The predicted molar refractivity (Wildman–Crippen MR) is 77.2 cm³/mol. The first-order valence-corrected chi connectivity index (χ1v) is 7.85. The van der Waals surface area contributed by atoms with Gasteiger partial charge in [0.25, 0.3) is 5.91 Å². The summed E-state index contributed by atoms with van der Waals surface area (Å²) in [6.07, 6.45) is 3.90. The number of nitrogens with one attached hydrogen (secondary N) is 1. The molecule has 2 aliphatic carbocycles. The summed E-state index contributed by atoms with van der Waals surface area (Å²) in [5, 5.41) is 2.86. The van der Waals surface area contributed by atoms with E-state index in [1.54, 1.807) is 0 Å². The summed E-state index contributed by atoms with van der Waals surface area (Å²) in [4.78, 5) is 12.0. The monoisotopic (exact) mass is 291 g/mol. The number of fused-ring (bicyclic) bond motifs is 2. The van der Waals surface area contributed by atoms with E-state index in [0.717, 1.165) is 17.4 Å². The highest BCUT2D eigenvalue weighted by molar-refractivity contribution is 6.21. The number of rotatable bonds is 2. The summed E-state index contributed by atoms with van der Waals surface area (Å²) >= 11 is 6.66. The number of amides is 1. The summed E-state index contributed by atoms with van der Waals surface area (Å²) < 4.78 is 5.58. The average molecular weight is 292 g/mol. The Hall–Kier alpha value is -1.22. The molecule has 4 rings (SSSR count). The van der Waals surface area contributed by atoms with E-state index in [4.69, 9.17) is 16.3 Å². The largest absolute Gasteiger partial charge is 0.491 e. The van der Waals surface area contributed by atoms with Crippen molar-refractivity contribution in [1.29, 1.82) is 0 Å². The Kier molecular flexibility index (Phi) is 2.92. The fourth-order valence-corrected chi connectivity index (χ4v) is 4.06. The Balaban J connectivity index is 1.60. The van der Waals surface area contributed by atoms with Gasteiger partial charge in [-0.25, -0.2) is 0 Å². The van der Waals surface area contributed by atoms with Crippen LogP contribution in [0.1, 0.15) is 40.6 Å². The van der Waals surface area contributed by atoms with Crippen molar-refractivity contribution in [3.63, 3.8) is 0 Å². The molecule has 4 heteroatoms. The van der Waals surface area contributed by atoms with Gasteiger partial charge in [-0.15, -0.1) is 11.6 Å². The number of hydrogen-bond donors (Lipinski definition) is 1. The lowest BCUT2D eigenvalue weighted by Crippen LogP contribution is -2.24. The first-order valence-electron chi connectivity index (χ1n) is 7.41. The van der Waals surface area contributed by atoms with E-state index in [1.165, 1.54) is 19.3 Å². The molecule has 1 aromatic rings. The fraction of sp³-hybridized carbons (Fsp3) is 0.562. The van der Waals surface area contributed by atoms with Crippen LogP contribution in [0.15, 0.2) is 18.2 Å². The van der Waals surface area contributed by atoms with Gasteiger partial charge in [-0.1, -0.05) is 6.07 Å². The standard InChI is InChI=1S/C16H18ClNO2/c17-15(12-6-10-5-11(10)7-12)9-1-2-14-13(8-9)16(19)18-3-4-20-14/h1-2,8,10-12,15H,3-7H2,(H,18,19). The second kappa shape index (κ2) is 4.66. The van der Waals surface area contributed by atoms with Crippen LogP contribution in [-0.4, -0.2) is 19.1 Å². The topological polar surface area (TPSA) is 38.3 Å². The molecule has 0 aromatic heterocycles. The van der Waals surface area contributed by atoms with Gasteiger partial charge in [0, 0.05) is 0 Å². The smallest absolute Gasteiger partial charge is 0.255 e. The lowest BCUT2D eigenvalue weighted by atomic mass is 9.93. The third-order valence-corrected chi connectivity index (χ3v) is 5.51. The van der Waals surface area contributed by atoms with Gasteiger partial charge in [0.2, 0.25) is 0 Å². The molecule has 0 bridgehead atoms. The van der Waals surface area contributed by atoms with Crippen LogP contribution in [0.5, 0.6) is 5.75 Å². The maximum Gasteiger partial charge on any atom is 0.255 e. The van der Waals surface area contributed by atoms with Crippen LogP contribution in [0, 0.1) is 17.8 Å². The Morgan fingerprint density at radius 3 is 2.85 bits per heavy atom. The minimum Gasteiger partial charge on any atom is -0.491 e. The van der Waals surface area contributed by atoms with Crippen molar-refractivity contribution in [3.05, 3.63) is 29.3 Å². The average Bonchev–Trinajstić information content (AvgIpc) is 3.13. The molecule has 1 heterocycles. The first-order chi connectivity index (χ1) is 9.72. The van der Waals surface area contributed by atoms with E-state index in [1.807, 2.05) is 18.2 Å². The molecule has 3 unspecified atom stereocenters. The highest BCUT2D eigenvalue weighted by Crippen LogP contribution is 2.58. The molecule has 2 saturated carbocycles. The number of alkyl halides is 1. The second-order valence-corrected chi connectivity index (χ2v) is 6.72. The van der Waals surface area contributed by atoms with Gasteiger partial charge < -0.3 is 10.1 Å². The lowest BCUT2D eigenvalue weighted by Gasteiger charge is -2.20. The molecule has 3 nitrogen and oxygen atoms in total. The number of carbonyl (C=O) groups is 1. The molecule has 0 saturated heterocycles. The van der Waals surface area contributed by atoms with Crippen molar-refractivity contribution in [2.24, 2.45) is 17.8 Å². The first kappa shape index (κ1) is 12.5. The van der Waals surface area contributed by atoms with Crippen molar-refractivity contribution in [2.45, 2.75) is 24.6 Å². The Morgan fingerprint density at radius 1 is 1.25 bits per heavy atom. The molecule has 20 heavy (non-hydrogen) atoms. The van der Waals surface area contributed by atoms with E-state index < -0.39 is 0 Å². The summed E-state index contributed by atoms with van der Waals surface area (Å²) in [6.45, 7) is 1.08. The Labute approximate surface area is 123 Å². The van der Waals surface area contributed by atoms with E-state index in [9.17, 15) is 4.79 Å². The summed E-state index contributed by atoms with van der Waals surface area (Å²) in [6, 6.07) is 5.82. The molecule has 3 atom stereocenters. The highest BCUT2D eigenvalue weighted by atomic mass is 35.5. The van der Waals surface area contributed by atoms with Gasteiger partial charge in [-0.05, 0) is 54.7 Å². The van der Waals surface area contributed by atoms with Gasteiger partial charge >= 0.3 is 0 Å². The van der Waals surface area contributed by atoms with Crippen LogP contribution in [-0.2, 0) is 0 Å². The number of hydrogen-bond acceptors (Lipinski definition) is 2. The van der Waals surface area contributed by atoms with Gasteiger partial charge in [-0.3, -0.25) is 4.79 Å². The highest BCUT2D eigenvalue weighted by Gasteiger charge is 2.47. The summed E-state index contributed by atoms with van der Waals surface area (Å²) in [7, 11) is 0. The van der Waals surface area contributed by atoms with E-state index in [0.29, 0.717) is 30.4 Å². The minimum atomic E-state index is -0.0579. The SMILES string of the molecule is O=C1NCCOc2ccc(C(Cl)C3CC4CC4C3)cc21. The van der Waals surface area contributed by atoms with Gasteiger partial charge in [0.1, 0.15) is 12.4 Å². The third kappa shape index (κ3) is 2.08. The van der Waals surface area contributed by atoms with Crippen LogP contribution < -0.4 is 10.1 Å². The van der Waals surface area contributed by atoms with Crippen LogP contribution in [0.3, 0.4) is 0 Å². The van der Waals surface area contributed by atoms with E-state index >= 15 is 0 Å². The Bertz CT molecular complexity index is 549. The minimum absolute atomic E-state index is 0.0177. The fourth-order valence-electron chi connectivity index (χ4n) is 3.72. The molecule has 0 radical (unpaired) electrons. The zero-order valence-electron chi connectivity index (χ0n) is 11.3. The van der Waals surface area contributed by atoms with Crippen molar-refractivity contribution < 1.29 is 9.53 Å². The molecular weight excluding hydrogens is 274 g/mol. The molecular formula is C16H18ClNO2. The van der Waals surface area contributed by atoms with Crippen molar-refractivity contribution >= 4 is 17.5 Å². The van der Waals surface area contributed by atoms with Crippen molar-refractivity contribution in [2.75, 3.05) is 13.2 Å². The zero-order valence-corrected chi connectivity index (χ0v) is 12.0. The second-order valence-electron chi connectivity index (χ2n) is 6.25. The summed E-state index contributed by atoms with van der Waals surface area (Å²) in [5.41, 5.74) is 1.67. The third-order valence-electron chi connectivity index (χ3n) is 4.91. The van der Waals surface area contributed by atoms with Gasteiger partial charge in [0.15, 0.2) is 0 Å². The Morgan fingerprint density at radius 2 is 2.05 bits per heavy atom. The maximum atomic E-state index is 12.0. The molecule has 0 spiro atoms. The van der Waals surface area contributed by atoms with E-state index in [2.05, 4.69) is 5.32 Å². The van der Waals surface area contributed by atoms with Gasteiger partial charge in [0.05, 0.1) is 17.5 Å². The van der Waals surface area contributed by atoms with Crippen LogP contribution >= 0.6 is 11.6 Å². The quantitative estimate of drug-likeness (QED) is 0.850. The van der Waals surface area contributed by atoms with Crippen molar-refractivity contribution in [3.8, 4) is 5.75 Å². The zero-order chi connectivity index (χ0) is 13.7. The van der Waals surface area contributed by atoms with Crippen LogP contribution in [0.4, 0.5) is 0 Å². The predicted octanol–water partition coefficient (Wildman–Crippen LogP) is 3.13. The molecule has 1 aliphatic heterocycles. The number of halogens is 1. The number of ether oxygens (including phenoxy) is 1. The normalized spacial score (nSPS) is 32.5.